The number of esters is 1. The SMILES string of the molecule is CCCCCCCCOc1ccc(-c2ccc(OC(=O)C(Cl)CC)cc2)cc1. The van der Waals surface area contributed by atoms with E-state index >= 15 is 0 Å². The van der Waals surface area contributed by atoms with E-state index in [0.29, 0.717) is 12.2 Å². The number of carbonyl (C=O) groups excluding carboxylic acids is 1. The van der Waals surface area contributed by atoms with Crippen LogP contribution in [-0.4, -0.2) is 18.0 Å². The summed E-state index contributed by atoms with van der Waals surface area (Å²) in [7, 11) is 0. The predicted octanol–water partition coefficient (Wildman–Crippen LogP) is 7.02. The summed E-state index contributed by atoms with van der Waals surface area (Å²) in [6, 6.07) is 15.5. The lowest BCUT2D eigenvalue weighted by atomic mass is 10.1. The summed E-state index contributed by atoms with van der Waals surface area (Å²) in [5.74, 6) is 0.992. The van der Waals surface area contributed by atoms with E-state index in [1.54, 1.807) is 12.1 Å². The molecule has 152 valence electrons. The predicted molar refractivity (Wildman–Crippen MR) is 116 cm³/mol. The number of halogens is 1. The van der Waals surface area contributed by atoms with Crippen LogP contribution in [0.15, 0.2) is 48.5 Å². The molecule has 2 aromatic carbocycles. The van der Waals surface area contributed by atoms with Gasteiger partial charge in [0, 0.05) is 0 Å². The third kappa shape index (κ3) is 7.55. The van der Waals surface area contributed by atoms with Gasteiger partial charge in [0.2, 0.25) is 0 Å². The molecule has 0 saturated heterocycles. The van der Waals surface area contributed by atoms with Gasteiger partial charge in [0.1, 0.15) is 16.9 Å². The number of hydrogen-bond donors (Lipinski definition) is 0. The summed E-state index contributed by atoms with van der Waals surface area (Å²) in [6.07, 6.45) is 8.12. The second kappa shape index (κ2) is 12.5. The zero-order chi connectivity index (χ0) is 20.2. The van der Waals surface area contributed by atoms with Crippen molar-refractivity contribution in [1.82, 2.24) is 0 Å². The number of benzene rings is 2. The van der Waals surface area contributed by atoms with Crippen molar-refractivity contribution in [2.45, 2.75) is 64.2 Å². The minimum atomic E-state index is -0.608. The topological polar surface area (TPSA) is 35.5 Å². The second-order valence-corrected chi connectivity index (χ2v) is 7.49. The number of rotatable bonds is 12. The van der Waals surface area contributed by atoms with Crippen molar-refractivity contribution >= 4 is 17.6 Å². The molecule has 0 aromatic heterocycles. The fourth-order valence-corrected chi connectivity index (χ4v) is 2.92. The lowest BCUT2D eigenvalue weighted by molar-refractivity contribution is -0.134. The molecule has 0 saturated carbocycles. The van der Waals surface area contributed by atoms with E-state index < -0.39 is 11.3 Å². The van der Waals surface area contributed by atoms with Crippen LogP contribution in [0.1, 0.15) is 58.8 Å². The lowest BCUT2D eigenvalue weighted by Gasteiger charge is -2.09. The summed E-state index contributed by atoms with van der Waals surface area (Å²) in [5.41, 5.74) is 2.15. The fraction of sp³-hybridized carbons (Fsp3) is 0.458. The molecule has 4 heteroatoms. The molecule has 1 unspecified atom stereocenters. The van der Waals surface area contributed by atoms with Crippen LogP contribution < -0.4 is 9.47 Å². The molecular formula is C24H31ClO3. The molecule has 0 amide bonds. The third-order valence-electron chi connectivity index (χ3n) is 4.64. The molecule has 0 aliphatic carbocycles. The summed E-state index contributed by atoms with van der Waals surface area (Å²) in [4.78, 5) is 11.7. The molecule has 0 spiro atoms. The quantitative estimate of drug-likeness (QED) is 0.166. The van der Waals surface area contributed by atoms with E-state index in [2.05, 4.69) is 6.92 Å². The Bertz CT molecular complexity index is 695. The van der Waals surface area contributed by atoms with E-state index in [9.17, 15) is 4.79 Å². The maximum Gasteiger partial charge on any atom is 0.329 e. The molecule has 2 rings (SSSR count). The van der Waals surface area contributed by atoms with Crippen LogP contribution in [0.3, 0.4) is 0 Å². The zero-order valence-corrected chi connectivity index (χ0v) is 17.7. The van der Waals surface area contributed by atoms with Crippen molar-refractivity contribution < 1.29 is 14.3 Å². The number of carbonyl (C=O) groups is 1. The van der Waals surface area contributed by atoms with Gasteiger partial charge in [0.25, 0.3) is 0 Å². The van der Waals surface area contributed by atoms with Crippen LogP contribution in [-0.2, 0) is 4.79 Å². The number of alkyl halides is 1. The highest BCUT2D eigenvalue weighted by atomic mass is 35.5. The smallest absolute Gasteiger partial charge is 0.329 e. The zero-order valence-electron chi connectivity index (χ0n) is 17.0. The summed E-state index contributed by atoms with van der Waals surface area (Å²) >= 11 is 5.89. The molecule has 0 bridgehead atoms. The molecule has 1 atom stereocenters. The summed E-state index contributed by atoms with van der Waals surface area (Å²) in [5, 5.41) is -0.608. The number of unbranched alkanes of at least 4 members (excludes halogenated alkanes) is 5. The molecule has 0 aliphatic rings. The van der Waals surface area contributed by atoms with Crippen molar-refractivity contribution in [1.29, 1.82) is 0 Å². The fourth-order valence-electron chi connectivity index (χ4n) is 2.88. The van der Waals surface area contributed by atoms with Gasteiger partial charge in [0.05, 0.1) is 6.61 Å². The highest BCUT2D eigenvalue weighted by Crippen LogP contribution is 2.25. The summed E-state index contributed by atoms with van der Waals surface area (Å²) < 4.78 is 11.1. The Kier molecular flexibility index (Phi) is 9.92. The van der Waals surface area contributed by atoms with E-state index in [4.69, 9.17) is 21.1 Å². The van der Waals surface area contributed by atoms with Gasteiger partial charge in [-0.05, 0) is 48.2 Å². The molecule has 0 heterocycles. The Labute approximate surface area is 174 Å². The molecular weight excluding hydrogens is 372 g/mol. The van der Waals surface area contributed by atoms with Crippen molar-refractivity contribution in [3.8, 4) is 22.6 Å². The third-order valence-corrected chi connectivity index (χ3v) is 5.13. The monoisotopic (exact) mass is 402 g/mol. The van der Waals surface area contributed by atoms with Gasteiger partial charge in [-0.25, -0.2) is 0 Å². The molecule has 0 N–H and O–H groups in total. The Balaban J connectivity index is 1.80. The maximum atomic E-state index is 11.7. The Hall–Kier alpha value is -2.00. The standard InChI is InChI=1S/C24H31ClO3/c1-3-5-6-7-8-9-18-27-21-14-10-19(11-15-21)20-12-16-22(17-13-20)28-24(26)23(25)4-2/h10-17,23H,3-9,18H2,1-2H3. The van der Waals surface area contributed by atoms with Gasteiger partial charge < -0.3 is 9.47 Å². The first-order chi connectivity index (χ1) is 13.6. The lowest BCUT2D eigenvalue weighted by Crippen LogP contribution is -2.19. The van der Waals surface area contributed by atoms with Gasteiger partial charge in [0.15, 0.2) is 0 Å². The van der Waals surface area contributed by atoms with Crippen LogP contribution in [0.25, 0.3) is 11.1 Å². The first kappa shape index (κ1) is 22.3. The van der Waals surface area contributed by atoms with E-state index in [0.717, 1.165) is 29.9 Å². The number of ether oxygens (including phenoxy) is 2. The minimum Gasteiger partial charge on any atom is -0.494 e. The molecule has 0 aliphatic heterocycles. The Morgan fingerprint density at radius 2 is 1.36 bits per heavy atom. The maximum absolute atomic E-state index is 11.7. The van der Waals surface area contributed by atoms with E-state index in [-0.39, 0.29) is 0 Å². The largest absolute Gasteiger partial charge is 0.494 e. The molecule has 2 aromatic rings. The van der Waals surface area contributed by atoms with Crippen LogP contribution in [0.4, 0.5) is 0 Å². The molecule has 28 heavy (non-hydrogen) atoms. The molecule has 0 radical (unpaired) electrons. The van der Waals surface area contributed by atoms with Crippen molar-refractivity contribution in [2.24, 2.45) is 0 Å². The average molecular weight is 403 g/mol. The van der Waals surface area contributed by atoms with E-state index in [1.807, 2.05) is 43.3 Å². The van der Waals surface area contributed by atoms with Gasteiger partial charge in [-0.2, -0.15) is 0 Å². The first-order valence-corrected chi connectivity index (χ1v) is 10.8. The normalized spacial score (nSPS) is 11.8. The van der Waals surface area contributed by atoms with E-state index in [1.165, 1.54) is 32.1 Å². The Morgan fingerprint density at radius 1 is 0.821 bits per heavy atom. The van der Waals surface area contributed by atoms with Crippen LogP contribution >= 0.6 is 11.6 Å². The number of hydrogen-bond acceptors (Lipinski definition) is 3. The van der Waals surface area contributed by atoms with Gasteiger partial charge in [-0.15, -0.1) is 11.6 Å². The highest BCUT2D eigenvalue weighted by Gasteiger charge is 2.15. The van der Waals surface area contributed by atoms with Crippen molar-refractivity contribution in [3.05, 3.63) is 48.5 Å². The van der Waals surface area contributed by atoms with Gasteiger partial charge in [-0.3, -0.25) is 4.79 Å². The first-order valence-electron chi connectivity index (χ1n) is 10.3. The van der Waals surface area contributed by atoms with Crippen molar-refractivity contribution in [2.75, 3.05) is 6.61 Å². The van der Waals surface area contributed by atoms with Crippen LogP contribution in [0.2, 0.25) is 0 Å². The second-order valence-electron chi connectivity index (χ2n) is 6.96. The average Bonchev–Trinajstić information content (AvgIpc) is 2.73. The van der Waals surface area contributed by atoms with Crippen LogP contribution in [0.5, 0.6) is 11.5 Å². The Morgan fingerprint density at radius 3 is 1.93 bits per heavy atom. The summed E-state index contributed by atoms with van der Waals surface area (Å²) in [6.45, 7) is 4.85. The molecule has 0 fully saturated rings. The van der Waals surface area contributed by atoms with Crippen molar-refractivity contribution in [3.63, 3.8) is 0 Å². The minimum absolute atomic E-state index is 0.413. The van der Waals surface area contributed by atoms with Crippen LogP contribution in [0, 0.1) is 0 Å². The van der Waals surface area contributed by atoms with Gasteiger partial charge in [-0.1, -0.05) is 70.2 Å². The highest BCUT2D eigenvalue weighted by molar-refractivity contribution is 6.30. The van der Waals surface area contributed by atoms with Gasteiger partial charge >= 0.3 is 5.97 Å². The molecule has 3 nitrogen and oxygen atoms in total.